The summed E-state index contributed by atoms with van der Waals surface area (Å²) in [6.07, 6.45) is 3.32. The van der Waals surface area contributed by atoms with Crippen LogP contribution in [-0.4, -0.2) is 33.0 Å². The van der Waals surface area contributed by atoms with Crippen LogP contribution in [0.2, 0.25) is 0 Å². The van der Waals surface area contributed by atoms with E-state index in [0.29, 0.717) is 59.9 Å². The fraction of sp³-hybridized carbons (Fsp3) is 0.211. The van der Waals surface area contributed by atoms with Crippen molar-refractivity contribution in [2.24, 2.45) is 11.5 Å². The molecule has 0 saturated carbocycles. The minimum atomic E-state index is 0.335. The molecule has 0 aliphatic rings. The summed E-state index contributed by atoms with van der Waals surface area (Å²) in [5, 5.41) is 12.3. The molecule has 0 atom stereocenters. The van der Waals surface area contributed by atoms with Gasteiger partial charge in [0.2, 0.25) is 5.88 Å². The van der Waals surface area contributed by atoms with Crippen LogP contribution < -0.4 is 21.5 Å². The van der Waals surface area contributed by atoms with Gasteiger partial charge >= 0.3 is 0 Å². The average Bonchev–Trinajstić information content (AvgIpc) is 2.72. The molecule has 9 nitrogen and oxygen atoms in total. The first-order chi connectivity index (χ1) is 13.6. The van der Waals surface area contributed by atoms with Crippen molar-refractivity contribution in [2.45, 2.75) is 13.5 Å². The molecule has 0 amide bonds. The van der Waals surface area contributed by atoms with Crippen LogP contribution in [0.3, 0.4) is 0 Å². The van der Waals surface area contributed by atoms with Crippen LogP contribution in [0.1, 0.15) is 17.0 Å². The summed E-state index contributed by atoms with van der Waals surface area (Å²) >= 11 is 0. The number of hydrogen-bond donors (Lipinski definition) is 3. The van der Waals surface area contributed by atoms with Crippen molar-refractivity contribution in [1.29, 1.82) is 5.26 Å². The van der Waals surface area contributed by atoms with Crippen molar-refractivity contribution in [3.63, 3.8) is 0 Å². The van der Waals surface area contributed by atoms with E-state index in [2.05, 4.69) is 31.3 Å². The van der Waals surface area contributed by atoms with E-state index >= 15 is 0 Å². The summed E-state index contributed by atoms with van der Waals surface area (Å²) < 4.78 is 5.99. The second-order valence-corrected chi connectivity index (χ2v) is 5.90. The van der Waals surface area contributed by atoms with E-state index in [9.17, 15) is 5.26 Å². The van der Waals surface area contributed by atoms with Gasteiger partial charge in [-0.1, -0.05) is 0 Å². The Bertz CT molecular complexity index is 998. The quantitative estimate of drug-likeness (QED) is 0.560. The smallest absolute Gasteiger partial charge is 0.224 e. The van der Waals surface area contributed by atoms with Crippen molar-refractivity contribution in [3.8, 4) is 29.1 Å². The average molecular weight is 376 g/mol. The monoisotopic (exact) mass is 376 g/mol. The zero-order valence-electron chi connectivity index (χ0n) is 15.4. The lowest BCUT2D eigenvalue weighted by Gasteiger charge is -2.12. The molecule has 0 fully saturated rings. The predicted molar refractivity (Wildman–Crippen MR) is 104 cm³/mol. The molecule has 1 aromatic carbocycles. The lowest BCUT2D eigenvalue weighted by atomic mass is 10.1. The van der Waals surface area contributed by atoms with Crippen molar-refractivity contribution >= 4 is 5.82 Å². The molecule has 0 radical (unpaired) electrons. The number of ether oxygens (including phenoxy) is 1. The van der Waals surface area contributed by atoms with E-state index in [0.717, 1.165) is 5.56 Å². The summed E-state index contributed by atoms with van der Waals surface area (Å²) in [7, 11) is 0. The summed E-state index contributed by atoms with van der Waals surface area (Å²) in [5.74, 6) is 2.36. The van der Waals surface area contributed by atoms with Crippen LogP contribution in [-0.2, 0) is 6.54 Å². The Labute approximate surface area is 162 Å². The third-order valence-electron chi connectivity index (χ3n) is 3.77. The number of rotatable bonds is 7. The molecule has 3 aromatic rings. The maximum absolute atomic E-state index is 9.25. The van der Waals surface area contributed by atoms with Gasteiger partial charge in [0.25, 0.3) is 0 Å². The number of anilines is 1. The first kappa shape index (κ1) is 19.2. The van der Waals surface area contributed by atoms with Gasteiger partial charge in [-0.05, 0) is 25.1 Å². The van der Waals surface area contributed by atoms with Crippen LogP contribution in [0.5, 0.6) is 11.6 Å². The van der Waals surface area contributed by atoms with Gasteiger partial charge < -0.3 is 21.5 Å². The van der Waals surface area contributed by atoms with Gasteiger partial charge in [-0.15, -0.1) is 0 Å². The molecular formula is C19H20N8O. The highest BCUT2D eigenvalue weighted by molar-refractivity contribution is 5.66. The van der Waals surface area contributed by atoms with Crippen LogP contribution >= 0.6 is 0 Å². The highest BCUT2D eigenvalue weighted by atomic mass is 16.5. The summed E-state index contributed by atoms with van der Waals surface area (Å²) in [6, 6.07) is 8.83. The van der Waals surface area contributed by atoms with Crippen molar-refractivity contribution in [2.75, 3.05) is 18.4 Å². The van der Waals surface area contributed by atoms with Gasteiger partial charge in [-0.2, -0.15) is 10.2 Å². The zero-order valence-corrected chi connectivity index (χ0v) is 15.4. The molecule has 0 spiro atoms. The molecular weight excluding hydrogens is 356 g/mol. The molecule has 3 rings (SSSR count). The van der Waals surface area contributed by atoms with Crippen molar-refractivity contribution < 1.29 is 4.74 Å². The van der Waals surface area contributed by atoms with E-state index in [1.807, 2.05) is 0 Å². The number of nitrogens with two attached hydrogens (primary N) is 2. The largest absolute Gasteiger partial charge is 0.438 e. The number of hydrogen-bond acceptors (Lipinski definition) is 9. The summed E-state index contributed by atoms with van der Waals surface area (Å²) in [5.41, 5.74) is 13.0. The van der Waals surface area contributed by atoms with Gasteiger partial charge in [-0.3, -0.25) is 0 Å². The standard InChI is InChI=1S/C19H20N8O/c1-12-26-17(23-5-4-20)7-18(27-12)28-16-6-13(8-21)2-3-15(16)19-24-10-14(9-22)11-25-19/h2-3,6-7,10-11H,4-5,9,20,22H2,1H3,(H,23,26,27). The molecule has 5 N–H and O–H groups in total. The van der Waals surface area contributed by atoms with Gasteiger partial charge in [-0.25, -0.2) is 15.0 Å². The maximum Gasteiger partial charge on any atom is 0.224 e. The molecule has 0 unspecified atom stereocenters. The lowest BCUT2D eigenvalue weighted by Crippen LogP contribution is -2.14. The van der Waals surface area contributed by atoms with Crippen molar-refractivity contribution in [3.05, 3.63) is 53.6 Å². The molecule has 0 aliphatic heterocycles. The number of aryl methyl sites for hydroxylation is 1. The normalized spacial score (nSPS) is 10.4. The predicted octanol–water partition coefficient (Wildman–Crippen LogP) is 1.74. The molecule has 0 bridgehead atoms. The van der Waals surface area contributed by atoms with Crippen LogP contribution in [0, 0.1) is 18.3 Å². The van der Waals surface area contributed by atoms with Gasteiger partial charge in [0, 0.05) is 43.7 Å². The Balaban J connectivity index is 1.98. The fourth-order valence-corrected chi connectivity index (χ4v) is 2.46. The Morgan fingerprint density at radius 3 is 2.61 bits per heavy atom. The minimum absolute atomic E-state index is 0.335. The SMILES string of the molecule is Cc1nc(NCCN)cc(Oc2cc(C#N)ccc2-c2ncc(CN)cn2)n1. The van der Waals surface area contributed by atoms with Crippen LogP contribution in [0.25, 0.3) is 11.4 Å². The summed E-state index contributed by atoms with van der Waals surface area (Å²) in [4.78, 5) is 17.3. The zero-order chi connectivity index (χ0) is 19.9. The number of aromatic nitrogens is 4. The number of nitriles is 1. The number of benzene rings is 1. The van der Waals surface area contributed by atoms with Crippen LogP contribution in [0.4, 0.5) is 5.82 Å². The van der Waals surface area contributed by atoms with E-state index in [1.165, 1.54) is 0 Å². The molecule has 28 heavy (non-hydrogen) atoms. The first-order valence-electron chi connectivity index (χ1n) is 8.66. The topological polar surface area (TPSA) is 149 Å². The molecule has 142 valence electrons. The number of nitrogens with zero attached hydrogens (tertiary/aromatic N) is 5. The highest BCUT2D eigenvalue weighted by Crippen LogP contribution is 2.32. The number of nitrogens with one attached hydrogen (secondary N) is 1. The van der Waals surface area contributed by atoms with E-state index < -0.39 is 0 Å². The Kier molecular flexibility index (Phi) is 6.06. The molecule has 2 aromatic heterocycles. The third kappa shape index (κ3) is 4.56. The molecule has 9 heteroatoms. The van der Waals surface area contributed by atoms with E-state index in [4.69, 9.17) is 16.2 Å². The molecule has 0 saturated heterocycles. The third-order valence-corrected chi connectivity index (χ3v) is 3.77. The van der Waals surface area contributed by atoms with E-state index in [-0.39, 0.29) is 0 Å². The Hall–Kier alpha value is -3.61. The maximum atomic E-state index is 9.25. The van der Waals surface area contributed by atoms with E-state index in [1.54, 1.807) is 43.6 Å². The molecule has 0 aliphatic carbocycles. The Morgan fingerprint density at radius 2 is 1.93 bits per heavy atom. The second kappa shape index (κ2) is 8.85. The Morgan fingerprint density at radius 1 is 1.14 bits per heavy atom. The highest BCUT2D eigenvalue weighted by Gasteiger charge is 2.13. The fourth-order valence-electron chi connectivity index (χ4n) is 2.46. The second-order valence-electron chi connectivity index (χ2n) is 5.90. The summed E-state index contributed by atoms with van der Waals surface area (Å²) in [6.45, 7) is 3.17. The lowest BCUT2D eigenvalue weighted by molar-refractivity contribution is 0.461. The van der Waals surface area contributed by atoms with Crippen molar-refractivity contribution in [1.82, 2.24) is 19.9 Å². The van der Waals surface area contributed by atoms with Gasteiger partial charge in [0.05, 0.1) is 17.2 Å². The molecule has 2 heterocycles. The van der Waals surface area contributed by atoms with Gasteiger partial charge in [0.15, 0.2) is 5.82 Å². The van der Waals surface area contributed by atoms with Crippen LogP contribution in [0.15, 0.2) is 36.7 Å². The van der Waals surface area contributed by atoms with Gasteiger partial charge in [0.1, 0.15) is 17.4 Å². The first-order valence-corrected chi connectivity index (χ1v) is 8.66. The minimum Gasteiger partial charge on any atom is -0.438 e.